The molecule has 0 radical (unpaired) electrons. The number of carboxylic acid groups (broad SMARTS) is 1. The van der Waals surface area contributed by atoms with Gasteiger partial charge >= 0.3 is 29.0 Å². The van der Waals surface area contributed by atoms with Crippen molar-refractivity contribution in [2.75, 3.05) is 7.11 Å². The number of hydrogen-bond acceptors (Lipinski definition) is 4. The van der Waals surface area contributed by atoms with E-state index >= 15 is 0 Å². The quantitative estimate of drug-likeness (QED) is 0.280. The van der Waals surface area contributed by atoms with Crippen molar-refractivity contribution in [3.63, 3.8) is 0 Å². The third kappa shape index (κ3) is 4.62. The number of benzene rings is 2. The maximum atomic E-state index is 14.0. The molecule has 0 aliphatic carbocycles. The van der Waals surface area contributed by atoms with E-state index in [1.54, 1.807) is 18.2 Å². The Morgan fingerprint density at radius 3 is 2.52 bits per heavy atom. The molecule has 0 bridgehead atoms. The van der Waals surface area contributed by atoms with Crippen LogP contribution in [-0.2, 0) is 16.1 Å². The Morgan fingerprint density at radius 1 is 1.14 bits per heavy atom. The predicted octanol–water partition coefficient (Wildman–Crippen LogP) is 2.82. The Morgan fingerprint density at radius 2 is 1.86 bits per heavy atom. The molecule has 0 atom stereocenters. The summed E-state index contributed by atoms with van der Waals surface area (Å²) in [7, 11) is 1.40. The predicted molar refractivity (Wildman–Crippen MR) is 101 cm³/mol. The molecule has 1 heterocycles. The van der Waals surface area contributed by atoms with E-state index < -0.39 is 35.6 Å². The van der Waals surface area contributed by atoms with Crippen LogP contribution >= 0.6 is 0 Å². The van der Waals surface area contributed by atoms with Crippen molar-refractivity contribution in [3.05, 3.63) is 65.4 Å². The summed E-state index contributed by atoms with van der Waals surface area (Å²) in [6.45, 7) is -0.0760. The first kappa shape index (κ1) is 22.5. The molecular formula is C20H15F2MgNO5+2. The molecule has 3 aromatic rings. The van der Waals surface area contributed by atoms with Gasteiger partial charge in [-0.15, -0.1) is 0 Å². The van der Waals surface area contributed by atoms with E-state index in [4.69, 9.17) is 9.84 Å². The van der Waals surface area contributed by atoms with E-state index in [9.17, 15) is 23.2 Å². The first-order chi connectivity index (χ1) is 13.3. The van der Waals surface area contributed by atoms with Crippen molar-refractivity contribution in [2.45, 2.75) is 13.0 Å². The Balaban J connectivity index is 0.00000300. The SMILES string of the molecule is COc1cccc2c1c(C(=O)CC(=O)C(=O)O)cn2Cc1cc(F)ccc1F.[Mg+2]. The van der Waals surface area contributed by atoms with Gasteiger partial charge in [0.25, 0.3) is 0 Å². The average molecular weight is 412 g/mol. The van der Waals surface area contributed by atoms with E-state index in [0.29, 0.717) is 16.7 Å². The first-order valence-corrected chi connectivity index (χ1v) is 8.21. The van der Waals surface area contributed by atoms with E-state index in [1.807, 2.05) is 0 Å². The molecule has 29 heavy (non-hydrogen) atoms. The maximum Gasteiger partial charge on any atom is 2.00 e. The number of carbonyl (C=O) groups is 3. The van der Waals surface area contributed by atoms with Crippen molar-refractivity contribution >= 4 is 51.5 Å². The summed E-state index contributed by atoms with van der Waals surface area (Å²) in [6, 6.07) is 7.99. The van der Waals surface area contributed by atoms with E-state index in [0.717, 1.165) is 18.2 Å². The second-order valence-corrected chi connectivity index (χ2v) is 6.09. The molecule has 0 unspecified atom stereocenters. The minimum Gasteiger partial charge on any atom is -0.496 e. The molecular weight excluding hydrogens is 397 g/mol. The molecule has 0 aliphatic rings. The number of Topliss-reactive ketones (excluding diaryl/α,β-unsaturated/α-hetero) is 2. The minimum absolute atomic E-state index is 0. The summed E-state index contributed by atoms with van der Waals surface area (Å²) in [5.74, 6) is -4.53. The Bertz CT molecular complexity index is 1110. The number of carboxylic acids is 1. The second kappa shape index (κ2) is 9.14. The van der Waals surface area contributed by atoms with Crippen molar-refractivity contribution in [2.24, 2.45) is 0 Å². The van der Waals surface area contributed by atoms with Gasteiger partial charge in [0.2, 0.25) is 5.78 Å². The molecule has 0 amide bonds. The topological polar surface area (TPSA) is 85.6 Å². The van der Waals surface area contributed by atoms with E-state index in [2.05, 4.69) is 0 Å². The van der Waals surface area contributed by atoms with E-state index in [-0.39, 0.29) is 40.7 Å². The molecule has 144 valence electrons. The van der Waals surface area contributed by atoms with Crippen LogP contribution in [0.2, 0.25) is 0 Å². The van der Waals surface area contributed by atoms with Crippen LogP contribution in [0.4, 0.5) is 8.78 Å². The van der Waals surface area contributed by atoms with Crippen LogP contribution in [0.15, 0.2) is 42.6 Å². The molecule has 0 saturated carbocycles. The third-order valence-electron chi connectivity index (χ3n) is 4.30. The number of aliphatic carboxylic acids is 1. The van der Waals surface area contributed by atoms with Gasteiger partial charge in [-0.05, 0) is 30.3 Å². The van der Waals surface area contributed by atoms with Gasteiger partial charge in [-0.3, -0.25) is 9.59 Å². The summed E-state index contributed by atoms with van der Waals surface area (Å²) in [5, 5.41) is 9.11. The standard InChI is InChI=1S/C20H15F2NO5.Mg/c1-28-18-4-2-3-15-19(18)13(16(24)8-17(25)20(26)27)10-23(15)9-11-7-12(21)5-6-14(11)22;/h2-7,10H,8-9H2,1H3,(H,26,27);/q;+2. The number of methoxy groups -OCH3 is 1. The maximum absolute atomic E-state index is 14.0. The molecule has 3 rings (SSSR count). The number of rotatable bonds is 7. The number of ether oxygens (including phenoxy) is 1. The summed E-state index contributed by atoms with van der Waals surface area (Å²) in [4.78, 5) is 34.7. The summed E-state index contributed by atoms with van der Waals surface area (Å²) >= 11 is 0. The van der Waals surface area contributed by atoms with Crippen LogP contribution in [-0.4, -0.2) is 57.4 Å². The number of aromatic nitrogens is 1. The van der Waals surface area contributed by atoms with Gasteiger partial charge in [0.15, 0.2) is 5.78 Å². The average Bonchev–Trinajstić information content (AvgIpc) is 3.03. The van der Waals surface area contributed by atoms with Gasteiger partial charge in [0.1, 0.15) is 17.4 Å². The van der Waals surface area contributed by atoms with Crippen LogP contribution in [0, 0.1) is 11.6 Å². The normalized spacial score (nSPS) is 10.4. The molecule has 6 nitrogen and oxygen atoms in total. The van der Waals surface area contributed by atoms with Gasteiger partial charge in [-0.2, -0.15) is 0 Å². The van der Waals surface area contributed by atoms with Crippen molar-refractivity contribution in [3.8, 4) is 5.75 Å². The first-order valence-electron chi connectivity index (χ1n) is 8.21. The summed E-state index contributed by atoms with van der Waals surface area (Å²) < 4.78 is 34.3. The largest absolute Gasteiger partial charge is 2.00 e. The van der Waals surface area contributed by atoms with Gasteiger partial charge in [-0.25, -0.2) is 13.6 Å². The number of ketones is 2. The second-order valence-electron chi connectivity index (χ2n) is 6.09. The fourth-order valence-electron chi connectivity index (χ4n) is 3.00. The number of carbonyl (C=O) groups excluding carboxylic acids is 2. The van der Waals surface area contributed by atoms with Crippen LogP contribution in [0.25, 0.3) is 10.9 Å². The van der Waals surface area contributed by atoms with Crippen LogP contribution in [0.5, 0.6) is 5.75 Å². The van der Waals surface area contributed by atoms with Crippen LogP contribution < -0.4 is 4.74 Å². The number of hydrogen-bond donors (Lipinski definition) is 1. The van der Waals surface area contributed by atoms with Crippen molar-refractivity contribution in [1.82, 2.24) is 4.57 Å². The number of fused-ring (bicyclic) bond motifs is 1. The molecule has 1 N–H and O–H groups in total. The minimum atomic E-state index is -1.70. The monoisotopic (exact) mass is 411 g/mol. The Labute approximate surface area is 180 Å². The Hall–Kier alpha value is -2.78. The number of halogens is 2. The molecule has 0 spiro atoms. The fraction of sp³-hybridized carbons (Fsp3) is 0.150. The fourth-order valence-corrected chi connectivity index (χ4v) is 3.00. The van der Waals surface area contributed by atoms with Gasteiger partial charge in [0, 0.05) is 17.3 Å². The molecule has 9 heteroatoms. The summed E-state index contributed by atoms with van der Waals surface area (Å²) in [5.41, 5.74) is 0.633. The van der Waals surface area contributed by atoms with Crippen molar-refractivity contribution < 1.29 is 33.0 Å². The van der Waals surface area contributed by atoms with Crippen molar-refractivity contribution in [1.29, 1.82) is 0 Å². The van der Waals surface area contributed by atoms with Gasteiger partial charge < -0.3 is 14.4 Å². The van der Waals surface area contributed by atoms with Gasteiger partial charge in [-0.1, -0.05) is 6.07 Å². The zero-order chi connectivity index (χ0) is 20.4. The molecule has 0 fully saturated rings. The smallest absolute Gasteiger partial charge is 0.496 e. The Kier molecular flexibility index (Phi) is 7.10. The molecule has 0 saturated heterocycles. The van der Waals surface area contributed by atoms with E-state index in [1.165, 1.54) is 17.9 Å². The van der Waals surface area contributed by atoms with Crippen LogP contribution in [0.1, 0.15) is 22.3 Å². The van der Waals surface area contributed by atoms with Gasteiger partial charge in [0.05, 0.1) is 31.0 Å². The molecule has 1 aromatic heterocycles. The summed E-state index contributed by atoms with van der Waals surface area (Å²) in [6.07, 6.45) is 0.565. The zero-order valence-electron chi connectivity index (χ0n) is 15.4. The molecule has 2 aromatic carbocycles. The zero-order valence-corrected chi connectivity index (χ0v) is 16.9. The molecule has 0 aliphatic heterocycles. The van der Waals surface area contributed by atoms with Crippen LogP contribution in [0.3, 0.4) is 0 Å². The third-order valence-corrected chi connectivity index (χ3v) is 4.30. The number of nitrogens with zero attached hydrogens (tertiary/aromatic N) is 1.